The minimum atomic E-state index is -0.933. The van der Waals surface area contributed by atoms with E-state index in [0.717, 1.165) is 16.8 Å². The van der Waals surface area contributed by atoms with E-state index in [9.17, 15) is 4.79 Å². The van der Waals surface area contributed by atoms with Gasteiger partial charge in [0.25, 0.3) is 0 Å². The zero-order chi connectivity index (χ0) is 17.6. The molecule has 1 amide bonds. The van der Waals surface area contributed by atoms with Gasteiger partial charge in [-0.1, -0.05) is 47.0 Å². The largest absolute Gasteiger partial charge is 0.430 e. The van der Waals surface area contributed by atoms with Crippen molar-refractivity contribution >= 4 is 41.6 Å². The van der Waals surface area contributed by atoms with Crippen LogP contribution in [0.15, 0.2) is 53.5 Å². The number of carbonyl (C=O) groups excluding carboxylic acids is 1. The summed E-state index contributed by atoms with van der Waals surface area (Å²) >= 11 is 6.30. The normalized spacial score (nSPS) is 23.4. The first-order valence-electron chi connectivity index (χ1n) is 7.89. The molecule has 1 fully saturated rings. The third-order valence-electron chi connectivity index (χ3n) is 4.68. The van der Waals surface area contributed by atoms with E-state index in [1.165, 1.54) is 0 Å². The lowest BCUT2D eigenvalue weighted by Crippen LogP contribution is -2.50. The van der Waals surface area contributed by atoms with Crippen molar-refractivity contribution in [3.05, 3.63) is 64.7 Å². The molecular weight excluding hydrogens is 375 g/mol. The van der Waals surface area contributed by atoms with Crippen molar-refractivity contribution in [3.8, 4) is 0 Å². The number of amidine groups is 1. The maximum absolute atomic E-state index is 12.5. The summed E-state index contributed by atoms with van der Waals surface area (Å²) in [5, 5.41) is 5.57. The van der Waals surface area contributed by atoms with Gasteiger partial charge in [0.2, 0.25) is 0 Å². The van der Waals surface area contributed by atoms with Crippen molar-refractivity contribution in [1.82, 2.24) is 9.96 Å². The first-order valence-corrected chi connectivity index (χ1v) is 8.27. The van der Waals surface area contributed by atoms with E-state index in [1.54, 1.807) is 24.1 Å². The van der Waals surface area contributed by atoms with Crippen LogP contribution in [0.5, 0.6) is 0 Å². The summed E-state index contributed by atoms with van der Waals surface area (Å²) in [5.74, 6) is 0.699. The van der Waals surface area contributed by atoms with Crippen molar-refractivity contribution < 1.29 is 9.63 Å². The predicted octanol–water partition coefficient (Wildman–Crippen LogP) is 3.72. The Hall–Kier alpha value is -2.28. The number of hydroxylamine groups is 2. The fourth-order valence-corrected chi connectivity index (χ4v) is 3.69. The first-order chi connectivity index (χ1) is 12.1. The van der Waals surface area contributed by atoms with E-state index in [-0.39, 0.29) is 12.4 Å². The third-order valence-corrected chi connectivity index (χ3v) is 4.92. The van der Waals surface area contributed by atoms with Crippen LogP contribution in [0, 0.1) is 0 Å². The summed E-state index contributed by atoms with van der Waals surface area (Å²) in [6.45, 7) is 0.327. The first kappa shape index (κ1) is 18.5. The molecule has 0 aromatic heterocycles. The van der Waals surface area contributed by atoms with Crippen molar-refractivity contribution in [2.24, 2.45) is 4.99 Å². The van der Waals surface area contributed by atoms with Crippen LogP contribution >= 0.6 is 24.0 Å². The van der Waals surface area contributed by atoms with E-state index in [1.807, 2.05) is 48.5 Å². The van der Waals surface area contributed by atoms with Gasteiger partial charge in [-0.2, -0.15) is 0 Å². The Morgan fingerprint density at radius 3 is 2.65 bits per heavy atom. The monoisotopic (exact) mass is 392 g/mol. The summed E-state index contributed by atoms with van der Waals surface area (Å²) in [4.78, 5) is 24.0. The van der Waals surface area contributed by atoms with Gasteiger partial charge in [-0.25, -0.2) is 4.79 Å². The van der Waals surface area contributed by atoms with E-state index >= 15 is 0 Å². The molecule has 4 rings (SSSR count). The molecule has 6 nitrogen and oxygen atoms in total. The molecule has 1 N–H and O–H groups in total. The number of halogens is 2. The molecule has 2 aliphatic rings. The van der Waals surface area contributed by atoms with Crippen LogP contribution in [0.25, 0.3) is 0 Å². The average Bonchev–Trinajstić information content (AvgIpc) is 2.79. The zero-order valence-corrected chi connectivity index (χ0v) is 15.8. The molecular formula is C18H18Cl2N4O2. The molecule has 0 radical (unpaired) electrons. The number of fused-ring (bicyclic) bond motifs is 3. The van der Waals surface area contributed by atoms with Gasteiger partial charge in [-0.15, -0.1) is 12.4 Å². The van der Waals surface area contributed by atoms with Gasteiger partial charge in [0, 0.05) is 35.9 Å². The summed E-state index contributed by atoms with van der Waals surface area (Å²) in [7, 11) is 3.43. The fourth-order valence-electron chi connectivity index (χ4n) is 3.52. The SMILES string of the molecule is CN=C1CN2OC(=O)N(C)C2(c2ccccc2)c2cc(Cl)ccc2N1.Cl. The minimum absolute atomic E-state index is 0. The second kappa shape index (κ2) is 6.79. The number of amides is 1. The lowest BCUT2D eigenvalue weighted by atomic mass is 9.88. The Morgan fingerprint density at radius 2 is 1.96 bits per heavy atom. The Balaban J connectivity index is 0.00000196. The Labute approximate surface area is 162 Å². The summed E-state index contributed by atoms with van der Waals surface area (Å²) < 4.78 is 0. The van der Waals surface area contributed by atoms with Crippen molar-refractivity contribution in [2.75, 3.05) is 26.0 Å². The molecule has 0 spiro atoms. The molecule has 1 saturated heterocycles. The standard InChI is InChI=1S/C18H17ClN4O2.ClH/c1-20-16-11-23-18(22(2)17(24)25-23,12-6-4-3-5-7-12)14-10-13(19)8-9-15(14)21-16;/h3-10H,11H2,1-2H3,(H,20,21);1H. The van der Waals surface area contributed by atoms with Crippen LogP contribution < -0.4 is 5.32 Å². The number of nitrogens with zero attached hydrogens (tertiary/aromatic N) is 3. The highest BCUT2D eigenvalue weighted by Gasteiger charge is 2.57. The highest BCUT2D eigenvalue weighted by molar-refractivity contribution is 6.30. The molecule has 2 aromatic carbocycles. The number of nitrogens with one attached hydrogen (secondary N) is 1. The number of hydrogen-bond acceptors (Lipinski definition) is 4. The Morgan fingerprint density at radius 1 is 1.23 bits per heavy atom. The second-order valence-electron chi connectivity index (χ2n) is 5.98. The van der Waals surface area contributed by atoms with Crippen LogP contribution in [-0.2, 0) is 10.5 Å². The molecule has 2 aromatic rings. The van der Waals surface area contributed by atoms with E-state index in [2.05, 4.69) is 10.3 Å². The summed E-state index contributed by atoms with van der Waals surface area (Å²) in [6.07, 6.45) is -0.424. The maximum Gasteiger partial charge on any atom is 0.430 e. The van der Waals surface area contributed by atoms with Gasteiger partial charge in [0.05, 0.1) is 6.54 Å². The number of benzene rings is 2. The predicted molar refractivity (Wildman–Crippen MR) is 104 cm³/mol. The lowest BCUT2D eigenvalue weighted by Gasteiger charge is -2.38. The topological polar surface area (TPSA) is 57.2 Å². The molecule has 136 valence electrons. The molecule has 1 atom stereocenters. The molecule has 0 saturated carbocycles. The van der Waals surface area contributed by atoms with Crippen LogP contribution in [0.4, 0.5) is 10.5 Å². The fraction of sp³-hybridized carbons (Fsp3) is 0.222. The van der Waals surface area contributed by atoms with E-state index < -0.39 is 11.8 Å². The highest BCUT2D eigenvalue weighted by Crippen LogP contribution is 2.47. The highest BCUT2D eigenvalue weighted by atomic mass is 35.5. The summed E-state index contributed by atoms with van der Waals surface area (Å²) in [6, 6.07) is 15.3. The van der Waals surface area contributed by atoms with Crippen LogP contribution in [-0.4, -0.2) is 42.5 Å². The molecule has 8 heteroatoms. The second-order valence-corrected chi connectivity index (χ2v) is 6.41. The molecule has 0 bridgehead atoms. The Bertz CT molecular complexity index is 875. The van der Waals surface area contributed by atoms with Crippen LogP contribution in [0.2, 0.25) is 5.02 Å². The average molecular weight is 393 g/mol. The molecule has 2 heterocycles. The Kier molecular flexibility index (Phi) is 4.84. The number of anilines is 1. The molecule has 2 aliphatic heterocycles. The van der Waals surface area contributed by atoms with Gasteiger partial charge in [-0.3, -0.25) is 9.89 Å². The molecule has 26 heavy (non-hydrogen) atoms. The number of hydrogen-bond donors (Lipinski definition) is 1. The number of carbonyl (C=O) groups is 1. The number of rotatable bonds is 1. The van der Waals surface area contributed by atoms with Gasteiger partial charge >= 0.3 is 6.09 Å². The van der Waals surface area contributed by atoms with Crippen LogP contribution in [0.1, 0.15) is 11.1 Å². The van der Waals surface area contributed by atoms with Crippen molar-refractivity contribution in [1.29, 1.82) is 0 Å². The van der Waals surface area contributed by atoms with Gasteiger partial charge in [0.15, 0.2) is 5.66 Å². The van der Waals surface area contributed by atoms with Crippen molar-refractivity contribution in [3.63, 3.8) is 0 Å². The summed E-state index contributed by atoms with van der Waals surface area (Å²) in [5.41, 5.74) is 1.64. The van der Waals surface area contributed by atoms with E-state index in [0.29, 0.717) is 17.4 Å². The quantitative estimate of drug-likeness (QED) is 0.803. The lowest BCUT2D eigenvalue weighted by molar-refractivity contribution is -0.119. The van der Waals surface area contributed by atoms with Crippen LogP contribution in [0.3, 0.4) is 0 Å². The molecule has 0 aliphatic carbocycles. The third kappa shape index (κ3) is 2.53. The van der Waals surface area contributed by atoms with Gasteiger partial charge in [-0.05, 0) is 18.2 Å². The molecule has 1 unspecified atom stereocenters. The number of aliphatic imine (C=N–C) groups is 1. The zero-order valence-electron chi connectivity index (χ0n) is 14.3. The minimum Gasteiger partial charge on any atom is -0.347 e. The smallest absolute Gasteiger partial charge is 0.347 e. The maximum atomic E-state index is 12.5. The van der Waals surface area contributed by atoms with Gasteiger partial charge in [0.1, 0.15) is 5.84 Å². The van der Waals surface area contributed by atoms with Gasteiger partial charge < -0.3 is 10.2 Å². The van der Waals surface area contributed by atoms with Crippen molar-refractivity contribution in [2.45, 2.75) is 5.66 Å². The van der Waals surface area contributed by atoms with E-state index in [4.69, 9.17) is 16.4 Å².